The molecule has 0 amide bonds. The average molecular weight is 301 g/mol. The summed E-state index contributed by atoms with van der Waals surface area (Å²) in [4.78, 5) is 0. The Morgan fingerprint density at radius 2 is 2.05 bits per heavy atom. The molecule has 2 rings (SSSR count). The standard InChI is InChI=1S/C14H15F4N3/c1-21-8-9(7-20-21)2-5-13(19)11-6-10(15)3-4-12(11)14(16,17)18/h3-4,6-8,13H,2,5,19H2,1H3. The summed E-state index contributed by atoms with van der Waals surface area (Å²) < 4.78 is 53.6. The predicted octanol–water partition coefficient (Wildman–Crippen LogP) is 3.21. The molecule has 0 aliphatic carbocycles. The maximum absolute atomic E-state index is 13.2. The maximum atomic E-state index is 13.2. The van der Waals surface area contributed by atoms with Crippen LogP contribution in [0.2, 0.25) is 0 Å². The number of rotatable bonds is 4. The van der Waals surface area contributed by atoms with E-state index in [9.17, 15) is 17.6 Å². The fourth-order valence-corrected chi connectivity index (χ4v) is 2.18. The molecule has 0 fully saturated rings. The van der Waals surface area contributed by atoms with Crippen LogP contribution < -0.4 is 5.73 Å². The fourth-order valence-electron chi connectivity index (χ4n) is 2.18. The second-order valence-electron chi connectivity index (χ2n) is 4.90. The van der Waals surface area contributed by atoms with Crippen LogP contribution in [0.15, 0.2) is 30.6 Å². The Hall–Kier alpha value is -1.89. The van der Waals surface area contributed by atoms with Gasteiger partial charge in [-0.1, -0.05) is 0 Å². The fraction of sp³-hybridized carbons (Fsp3) is 0.357. The van der Waals surface area contributed by atoms with Crippen molar-refractivity contribution in [3.05, 3.63) is 53.1 Å². The number of hydrogen-bond acceptors (Lipinski definition) is 2. The molecular formula is C14H15F4N3. The molecule has 3 nitrogen and oxygen atoms in total. The summed E-state index contributed by atoms with van der Waals surface area (Å²) in [5.41, 5.74) is 5.59. The van der Waals surface area contributed by atoms with E-state index in [2.05, 4.69) is 5.10 Å². The first-order chi connectivity index (χ1) is 9.77. The van der Waals surface area contributed by atoms with Crippen LogP contribution in [-0.2, 0) is 19.6 Å². The van der Waals surface area contributed by atoms with E-state index in [0.29, 0.717) is 6.42 Å². The zero-order valence-electron chi connectivity index (χ0n) is 11.4. The highest BCUT2D eigenvalue weighted by molar-refractivity contribution is 5.33. The Kier molecular flexibility index (Phi) is 4.32. The predicted molar refractivity (Wildman–Crippen MR) is 69.9 cm³/mol. The van der Waals surface area contributed by atoms with E-state index >= 15 is 0 Å². The normalized spacial score (nSPS) is 13.4. The number of alkyl halides is 3. The quantitative estimate of drug-likeness (QED) is 0.881. The monoisotopic (exact) mass is 301 g/mol. The van der Waals surface area contributed by atoms with Gasteiger partial charge >= 0.3 is 6.18 Å². The van der Waals surface area contributed by atoms with Crippen molar-refractivity contribution in [2.75, 3.05) is 0 Å². The molecule has 0 saturated heterocycles. The van der Waals surface area contributed by atoms with Crippen LogP contribution in [0.4, 0.5) is 17.6 Å². The van der Waals surface area contributed by atoms with Crippen molar-refractivity contribution in [3.63, 3.8) is 0 Å². The van der Waals surface area contributed by atoms with Gasteiger partial charge in [-0.3, -0.25) is 4.68 Å². The second-order valence-corrected chi connectivity index (χ2v) is 4.90. The Bertz CT molecular complexity index is 619. The highest BCUT2D eigenvalue weighted by Gasteiger charge is 2.34. The number of nitrogens with zero attached hydrogens (tertiary/aromatic N) is 2. The number of aryl methyl sites for hydroxylation is 2. The SMILES string of the molecule is Cn1cc(CCC(N)c2cc(F)ccc2C(F)(F)F)cn1. The molecule has 0 bridgehead atoms. The third-order valence-corrected chi connectivity index (χ3v) is 3.22. The average Bonchev–Trinajstić information content (AvgIpc) is 2.80. The van der Waals surface area contributed by atoms with Crippen molar-refractivity contribution in [1.29, 1.82) is 0 Å². The molecule has 0 saturated carbocycles. The third kappa shape index (κ3) is 3.81. The number of hydrogen-bond donors (Lipinski definition) is 1. The van der Waals surface area contributed by atoms with E-state index in [1.54, 1.807) is 24.1 Å². The first-order valence-electron chi connectivity index (χ1n) is 6.37. The van der Waals surface area contributed by atoms with Gasteiger partial charge in [-0.25, -0.2) is 4.39 Å². The van der Waals surface area contributed by atoms with Crippen molar-refractivity contribution >= 4 is 0 Å². The minimum atomic E-state index is -4.55. The van der Waals surface area contributed by atoms with E-state index in [0.717, 1.165) is 23.8 Å². The van der Waals surface area contributed by atoms with Crippen molar-refractivity contribution in [3.8, 4) is 0 Å². The molecule has 21 heavy (non-hydrogen) atoms. The summed E-state index contributed by atoms with van der Waals surface area (Å²) in [6.45, 7) is 0. The Morgan fingerprint density at radius 1 is 1.33 bits per heavy atom. The van der Waals surface area contributed by atoms with Crippen molar-refractivity contribution in [1.82, 2.24) is 9.78 Å². The first kappa shape index (κ1) is 15.5. The topological polar surface area (TPSA) is 43.8 Å². The molecule has 0 aliphatic heterocycles. The van der Waals surface area contributed by atoms with E-state index < -0.39 is 23.6 Å². The van der Waals surface area contributed by atoms with E-state index in [1.807, 2.05) is 0 Å². The van der Waals surface area contributed by atoms with Crippen molar-refractivity contribution < 1.29 is 17.6 Å². The van der Waals surface area contributed by atoms with Gasteiger partial charge in [-0.05, 0) is 42.2 Å². The molecule has 1 atom stereocenters. The van der Waals surface area contributed by atoms with Crippen LogP contribution in [0.1, 0.15) is 29.2 Å². The molecule has 1 unspecified atom stereocenters. The van der Waals surface area contributed by atoms with E-state index in [-0.39, 0.29) is 12.0 Å². The highest BCUT2D eigenvalue weighted by Crippen LogP contribution is 2.35. The van der Waals surface area contributed by atoms with Crippen LogP contribution in [0.25, 0.3) is 0 Å². The Balaban J connectivity index is 2.18. The molecule has 1 aromatic carbocycles. The van der Waals surface area contributed by atoms with Gasteiger partial charge in [-0.2, -0.15) is 18.3 Å². The lowest BCUT2D eigenvalue weighted by Crippen LogP contribution is -2.18. The van der Waals surface area contributed by atoms with Gasteiger partial charge in [0.1, 0.15) is 5.82 Å². The highest BCUT2D eigenvalue weighted by atomic mass is 19.4. The molecule has 0 aliphatic rings. The number of aromatic nitrogens is 2. The lowest BCUT2D eigenvalue weighted by molar-refractivity contribution is -0.138. The summed E-state index contributed by atoms with van der Waals surface area (Å²) in [6, 6.07) is 1.49. The van der Waals surface area contributed by atoms with Crippen molar-refractivity contribution in [2.24, 2.45) is 12.8 Å². The molecule has 7 heteroatoms. The van der Waals surface area contributed by atoms with Crippen LogP contribution >= 0.6 is 0 Å². The van der Waals surface area contributed by atoms with Gasteiger partial charge < -0.3 is 5.73 Å². The summed E-state index contributed by atoms with van der Waals surface area (Å²) in [6.07, 6.45) is -0.401. The third-order valence-electron chi connectivity index (χ3n) is 3.22. The summed E-state index contributed by atoms with van der Waals surface area (Å²) in [5, 5.41) is 3.97. The van der Waals surface area contributed by atoms with Crippen LogP contribution in [0.3, 0.4) is 0 Å². The van der Waals surface area contributed by atoms with Gasteiger partial charge in [0.05, 0.1) is 11.8 Å². The van der Waals surface area contributed by atoms with Crippen molar-refractivity contribution in [2.45, 2.75) is 25.1 Å². The van der Waals surface area contributed by atoms with Gasteiger partial charge in [0.2, 0.25) is 0 Å². The maximum Gasteiger partial charge on any atom is 0.416 e. The number of nitrogens with two attached hydrogens (primary N) is 1. The van der Waals surface area contributed by atoms with Crippen LogP contribution in [-0.4, -0.2) is 9.78 Å². The minimum Gasteiger partial charge on any atom is -0.324 e. The Labute approximate surface area is 119 Å². The molecule has 1 aromatic heterocycles. The molecule has 114 valence electrons. The Morgan fingerprint density at radius 3 is 2.62 bits per heavy atom. The summed E-state index contributed by atoms with van der Waals surface area (Å²) in [7, 11) is 1.75. The molecule has 0 spiro atoms. The van der Waals surface area contributed by atoms with Gasteiger partial charge in [0.15, 0.2) is 0 Å². The summed E-state index contributed by atoms with van der Waals surface area (Å²) >= 11 is 0. The van der Waals surface area contributed by atoms with Crippen LogP contribution in [0, 0.1) is 5.82 Å². The largest absolute Gasteiger partial charge is 0.416 e. The van der Waals surface area contributed by atoms with E-state index in [4.69, 9.17) is 5.73 Å². The zero-order chi connectivity index (χ0) is 15.6. The first-order valence-corrected chi connectivity index (χ1v) is 6.37. The molecular weight excluding hydrogens is 286 g/mol. The van der Waals surface area contributed by atoms with Crippen LogP contribution in [0.5, 0.6) is 0 Å². The number of halogens is 4. The minimum absolute atomic E-state index is 0.216. The smallest absolute Gasteiger partial charge is 0.324 e. The van der Waals surface area contributed by atoms with Gasteiger partial charge in [0.25, 0.3) is 0 Å². The molecule has 2 aromatic rings. The second kappa shape index (κ2) is 5.85. The van der Waals surface area contributed by atoms with E-state index in [1.165, 1.54) is 0 Å². The zero-order valence-corrected chi connectivity index (χ0v) is 11.4. The van der Waals surface area contributed by atoms with Gasteiger partial charge in [0, 0.05) is 19.3 Å². The van der Waals surface area contributed by atoms with Gasteiger partial charge in [-0.15, -0.1) is 0 Å². The summed E-state index contributed by atoms with van der Waals surface area (Å²) in [5.74, 6) is -0.727. The number of benzene rings is 1. The molecule has 1 heterocycles. The molecule has 2 N–H and O–H groups in total. The molecule has 0 radical (unpaired) electrons. The lowest BCUT2D eigenvalue weighted by atomic mass is 9.96. The lowest BCUT2D eigenvalue weighted by Gasteiger charge is -2.18.